The number of aliphatic hydroxyl groups is 1. The van der Waals surface area contributed by atoms with Crippen molar-refractivity contribution in [1.29, 1.82) is 0 Å². The first kappa shape index (κ1) is 18.7. The molecule has 2 rings (SSSR count). The third-order valence-corrected chi connectivity index (χ3v) is 3.98. The summed E-state index contributed by atoms with van der Waals surface area (Å²) in [7, 11) is 0. The Kier molecular flexibility index (Phi) is 4.48. The van der Waals surface area contributed by atoms with E-state index in [1.165, 1.54) is 0 Å². The van der Waals surface area contributed by atoms with Crippen molar-refractivity contribution in [3.05, 3.63) is 0 Å². The molecule has 2 aliphatic rings. The molecule has 0 aromatic rings. The van der Waals surface area contributed by atoms with E-state index in [0.717, 1.165) is 0 Å². The van der Waals surface area contributed by atoms with Crippen LogP contribution in [0, 0.1) is 11.8 Å². The predicted molar refractivity (Wildman–Crippen MR) is 59.0 cm³/mol. The van der Waals surface area contributed by atoms with Gasteiger partial charge in [0.25, 0.3) is 0 Å². The van der Waals surface area contributed by atoms with Gasteiger partial charge in [0.2, 0.25) is 0 Å². The van der Waals surface area contributed by atoms with Gasteiger partial charge in [-0.15, -0.1) is 0 Å². The first-order chi connectivity index (χ1) is 10.8. The zero-order valence-electron chi connectivity index (χ0n) is 11.7. The van der Waals surface area contributed by atoms with Gasteiger partial charge in [-0.1, -0.05) is 0 Å². The van der Waals surface area contributed by atoms with Gasteiger partial charge in [-0.25, -0.2) is 0 Å². The molecule has 0 amide bonds. The molecule has 1 aliphatic heterocycles. The highest BCUT2D eigenvalue weighted by atomic mass is 19.4. The van der Waals surface area contributed by atoms with Crippen LogP contribution in [0.3, 0.4) is 0 Å². The van der Waals surface area contributed by atoms with Crippen molar-refractivity contribution < 1.29 is 54.9 Å². The zero-order chi connectivity index (χ0) is 18.5. The van der Waals surface area contributed by atoms with E-state index >= 15 is 0 Å². The molecular weight excluding hydrogens is 357 g/mol. The van der Waals surface area contributed by atoms with E-state index < -0.39 is 60.6 Å². The minimum Gasteiger partial charge on any atom is -0.459 e. The number of carbonyl (C=O) groups is 2. The topological polar surface area (TPSA) is 72.8 Å². The van der Waals surface area contributed by atoms with Crippen LogP contribution >= 0.6 is 0 Å². The van der Waals surface area contributed by atoms with E-state index in [1.54, 1.807) is 0 Å². The Bertz CT molecular complexity index is 532. The van der Waals surface area contributed by atoms with Crippen molar-refractivity contribution in [2.24, 2.45) is 11.8 Å². The highest BCUT2D eigenvalue weighted by molar-refractivity contribution is 5.77. The van der Waals surface area contributed by atoms with Crippen LogP contribution in [0.15, 0.2) is 0 Å². The lowest BCUT2D eigenvalue weighted by atomic mass is 10.00. The Morgan fingerprint density at radius 3 is 2.33 bits per heavy atom. The van der Waals surface area contributed by atoms with Gasteiger partial charge in [0, 0.05) is 0 Å². The van der Waals surface area contributed by atoms with Gasteiger partial charge in [0.1, 0.15) is 6.10 Å². The van der Waals surface area contributed by atoms with Crippen LogP contribution in [0.2, 0.25) is 0 Å². The number of aliphatic hydroxyl groups excluding tert-OH is 1. The maximum Gasteiger partial charge on any atom is 0.460 e. The summed E-state index contributed by atoms with van der Waals surface area (Å²) in [5, 5.41) is 9.71. The third kappa shape index (κ3) is 3.03. The lowest BCUT2D eigenvalue weighted by Crippen LogP contribution is -2.54. The lowest BCUT2D eigenvalue weighted by Gasteiger charge is -2.29. The van der Waals surface area contributed by atoms with Gasteiger partial charge in [-0.05, 0) is 12.3 Å². The standard InChI is InChI=1S/C12H11F7O5/c13-10(14,11(15,16)12(17,18)19)3-23-9(22)5-1-4-2-6(20)24-8(5)7(4)21/h4-5,7-8,21H,1-3H2. The molecule has 2 bridgehead atoms. The maximum absolute atomic E-state index is 13.1. The average Bonchev–Trinajstić information content (AvgIpc) is 2.63. The summed E-state index contributed by atoms with van der Waals surface area (Å²) in [4.78, 5) is 22.8. The number of esters is 2. The molecule has 4 atom stereocenters. The van der Waals surface area contributed by atoms with E-state index in [9.17, 15) is 45.4 Å². The van der Waals surface area contributed by atoms with Gasteiger partial charge in [-0.2, -0.15) is 30.7 Å². The van der Waals surface area contributed by atoms with Crippen molar-refractivity contribution in [1.82, 2.24) is 0 Å². The zero-order valence-corrected chi connectivity index (χ0v) is 11.7. The highest BCUT2D eigenvalue weighted by Gasteiger charge is 2.73. The smallest absolute Gasteiger partial charge is 0.459 e. The Balaban J connectivity index is 2.02. The Hall–Kier alpha value is -1.59. The minimum atomic E-state index is -6.53. The lowest BCUT2D eigenvalue weighted by molar-refractivity contribution is -0.360. The minimum absolute atomic E-state index is 0.197. The normalized spacial score (nSPS) is 30.9. The van der Waals surface area contributed by atoms with E-state index in [-0.39, 0.29) is 12.8 Å². The largest absolute Gasteiger partial charge is 0.460 e. The fourth-order valence-corrected chi connectivity index (χ4v) is 2.67. The molecule has 0 aromatic heterocycles. The van der Waals surface area contributed by atoms with Crippen LogP contribution in [0.4, 0.5) is 30.7 Å². The first-order valence-corrected chi connectivity index (χ1v) is 6.64. The van der Waals surface area contributed by atoms with E-state index in [1.807, 2.05) is 0 Å². The third-order valence-electron chi connectivity index (χ3n) is 3.98. The average molecular weight is 368 g/mol. The van der Waals surface area contributed by atoms with Crippen LogP contribution in [0.25, 0.3) is 0 Å². The van der Waals surface area contributed by atoms with Gasteiger partial charge < -0.3 is 14.6 Å². The molecular formula is C12H11F7O5. The summed E-state index contributed by atoms with van der Waals surface area (Å²) in [6.45, 7) is -2.50. The summed E-state index contributed by atoms with van der Waals surface area (Å²) < 4.78 is 96.0. The van der Waals surface area contributed by atoms with E-state index in [4.69, 9.17) is 0 Å². The molecule has 24 heavy (non-hydrogen) atoms. The van der Waals surface area contributed by atoms with Gasteiger partial charge in [-0.3, -0.25) is 9.59 Å². The quantitative estimate of drug-likeness (QED) is 0.604. The summed E-state index contributed by atoms with van der Waals surface area (Å²) in [6.07, 6.45) is -9.63. The SMILES string of the molecule is O=C1CC2CC(C(=O)OCC(F)(F)C(F)(F)C(F)(F)F)C(O1)C2O. The number of halogens is 7. The molecule has 1 saturated carbocycles. The molecule has 1 saturated heterocycles. The molecule has 1 N–H and O–H groups in total. The molecule has 1 aliphatic carbocycles. The second-order valence-electron chi connectivity index (χ2n) is 5.64. The second kappa shape index (κ2) is 5.74. The number of ether oxygens (including phenoxy) is 2. The number of fused-ring (bicyclic) bond motifs is 2. The molecule has 2 fully saturated rings. The predicted octanol–water partition coefficient (Wildman–Crippen LogP) is 1.67. The molecule has 1 heterocycles. The van der Waals surface area contributed by atoms with Crippen LogP contribution in [-0.4, -0.2) is 53.9 Å². The Labute approximate surface area is 129 Å². The molecule has 0 radical (unpaired) electrons. The molecule has 5 nitrogen and oxygen atoms in total. The van der Waals surface area contributed by atoms with Crippen molar-refractivity contribution in [2.75, 3.05) is 6.61 Å². The van der Waals surface area contributed by atoms with Crippen molar-refractivity contribution in [2.45, 2.75) is 43.1 Å². The van der Waals surface area contributed by atoms with Crippen LogP contribution in [0.5, 0.6) is 0 Å². The van der Waals surface area contributed by atoms with Crippen molar-refractivity contribution in [3.63, 3.8) is 0 Å². The Morgan fingerprint density at radius 1 is 1.21 bits per heavy atom. The number of carbonyl (C=O) groups excluding carboxylic acids is 2. The number of hydrogen-bond donors (Lipinski definition) is 1. The van der Waals surface area contributed by atoms with E-state index in [0.29, 0.717) is 0 Å². The monoisotopic (exact) mass is 368 g/mol. The molecule has 4 unspecified atom stereocenters. The summed E-state index contributed by atoms with van der Waals surface area (Å²) in [5.74, 6) is -16.5. The van der Waals surface area contributed by atoms with Gasteiger partial charge in [0.15, 0.2) is 6.61 Å². The van der Waals surface area contributed by atoms with Gasteiger partial charge in [0.05, 0.1) is 18.4 Å². The molecule has 138 valence electrons. The maximum atomic E-state index is 13.1. The number of alkyl halides is 7. The van der Waals surface area contributed by atoms with Crippen molar-refractivity contribution in [3.8, 4) is 0 Å². The fourth-order valence-electron chi connectivity index (χ4n) is 2.67. The number of rotatable bonds is 4. The summed E-state index contributed by atoms with van der Waals surface area (Å²) in [5.41, 5.74) is 0. The van der Waals surface area contributed by atoms with E-state index in [2.05, 4.69) is 9.47 Å². The highest BCUT2D eigenvalue weighted by Crippen LogP contribution is 2.47. The summed E-state index contributed by atoms with van der Waals surface area (Å²) >= 11 is 0. The number of hydrogen-bond acceptors (Lipinski definition) is 5. The molecule has 0 spiro atoms. The summed E-state index contributed by atoms with van der Waals surface area (Å²) in [6, 6.07) is 0. The van der Waals surface area contributed by atoms with Crippen molar-refractivity contribution >= 4 is 11.9 Å². The molecule has 0 aromatic carbocycles. The van der Waals surface area contributed by atoms with Crippen LogP contribution in [-0.2, 0) is 19.1 Å². The fraction of sp³-hybridized carbons (Fsp3) is 0.833. The first-order valence-electron chi connectivity index (χ1n) is 6.64. The van der Waals surface area contributed by atoms with Crippen LogP contribution in [0.1, 0.15) is 12.8 Å². The Morgan fingerprint density at radius 2 is 1.79 bits per heavy atom. The second-order valence-corrected chi connectivity index (χ2v) is 5.64. The molecule has 12 heteroatoms. The van der Waals surface area contributed by atoms with Crippen LogP contribution < -0.4 is 0 Å². The van der Waals surface area contributed by atoms with Gasteiger partial charge >= 0.3 is 30.0 Å².